The molecule has 8 nitrogen and oxygen atoms in total. The van der Waals surface area contributed by atoms with Gasteiger partial charge in [-0.05, 0) is 17.7 Å². The second kappa shape index (κ2) is 10.1. The van der Waals surface area contributed by atoms with E-state index in [1.807, 2.05) is 0 Å². The van der Waals surface area contributed by atoms with Crippen LogP contribution in [0.3, 0.4) is 0 Å². The van der Waals surface area contributed by atoms with Crippen molar-refractivity contribution in [1.82, 2.24) is 24.9 Å². The van der Waals surface area contributed by atoms with Gasteiger partial charge in [-0.3, -0.25) is 4.79 Å². The molecule has 0 saturated carbocycles. The number of hydrogen-bond acceptors (Lipinski definition) is 5. The number of rotatable bonds is 7. The number of benzene rings is 1. The lowest BCUT2D eigenvalue weighted by molar-refractivity contribution is -0.306. The van der Waals surface area contributed by atoms with Crippen LogP contribution in [0, 0.1) is 11.3 Å². The van der Waals surface area contributed by atoms with Crippen LogP contribution < -0.4 is 10.1 Å². The molecule has 204 valence electrons. The van der Waals surface area contributed by atoms with Gasteiger partial charge < -0.3 is 10.1 Å². The largest absolute Gasteiger partial charge is 0.440 e. The van der Waals surface area contributed by atoms with E-state index in [-0.39, 0.29) is 28.3 Å². The molecule has 1 aromatic carbocycles. The Hall–Kier alpha value is -3.94. The van der Waals surface area contributed by atoms with Crippen molar-refractivity contribution in [2.75, 3.05) is 6.54 Å². The van der Waals surface area contributed by atoms with E-state index in [0.717, 1.165) is 19.4 Å². The molecule has 0 radical (unpaired) electrons. The number of hydrogen-bond donors (Lipinski definition) is 1. The first kappa shape index (κ1) is 28.6. The molecule has 1 N–H and O–H groups in total. The molecule has 2 heterocycles. The highest BCUT2D eigenvalue weighted by atomic mass is 35.5. The maximum atomic E-state index is 13.8. The van der Waals surface area contributed by atoms with Crippen LogP contribution in [-0.2, 0) is 13.2 Å². The Bertz CT molecular complexity index is 1390. The van der Waals surface area contributed by atoms with Crippen molar-refractivity contribution < 1.29 is 49.0 Å². The van der Waals surface area contributed by atoms with E-state index in [1.54, 1.807) is 6.07 Å². The molecular weight excluding hydrogens is 563 g/mol. The van der Waals surface area contributed by atoms with Gasteiger partial charge in [0.25, 0.3) is 18.0 Å². The second-order valence-corrected chi connectivity index (χ2v) is 7.81. The topological polar surface area (TPSA) is 97.8 Å². The van der Waals surface area contributed by atoms with Crippen molar-refractivity contribution in [3.63, 3.8) is 0 Å². The van der Waals surface area contributed by atoms with Gasteiger partial charge in [0.2, 0.25) is 0 Å². The Labute approximate surface area is 211 Å². The zero-order valence-corrected chi connectivity index (χ0v) is 19.3. The number of nitrogens with one attached hydrogen (secondary N) is 1. The number of nitriles is 1. The molecule has 3 aromatic rings. The minimum atomic E-state index is -6.14. The number of carbonyl (C=O) groups is 1. The average Bonchev–Trinajstić information content (AvgIpc) is 3.40. The standard InChI is InChI=1S/C20H12ClF9N6O2/c1-35-16(13(18(23,24)25)15(34-35)38-20(29,30)17(22)19(26,27)28)36-8-10(7-33-36)9-2-3-12(21)11(6-9)14(37)32-5-4-31/h2-3,6-8,17H,5H2,1H3,(H,32,37). The summed E-state index contributed by atoms with van der Waals surface area (Å²) in [6, 6.07) is 5.57. The number of halogens is 10. The highest BCUT2D eigenvalue weighted by molar-refractivity contribution is 6.34. The fourth-order valence-corrected chi connectivity index (χ4v) is 3.33. The predicted octanol–water partition coefficient (Wildman–Crippen LogP) is 5.07. The van der Waals surface area contributed by atoms with Gasteiger partial charge in [0, 0.05) is 18.8 Å². The second-order valence-electron chi connectivity index (χ2n) is 7.40. The summed E-state index contributed by atoms with van der Waals surface area (Å²) in [5, 5.41) is 17.6. The van der Waals surface area contributed by atoms with E-state index in [1.165, 1.54) is 18.2 Å². The number of amides is 1. The van der Waals surface area contributed by atoms with Gasteiger partial charge in [-0.25, -0.2) is 13.8 Å². The third kappa shape index (κ3) is 5.79. The van der Waals surface area contributed by atoms with Gasteiger partial charge in [0.15, 0.2) is 11.4 Å². The Morgan fingerprint density at radius 3 is 2.42 bits per heavy atom. The first-order valence-corrected chi connectivity index (χ1v) is 10.3. The first-order chi connectivity index (χ1) is 17.5. The van der Waals surface area contributed by atoms with Crippen molar-refractivity contribution in [2.24, 2.45) is 7.05 Å². The van der Waals surface area contributed by atoms with E-state index in [2.05, 4.69) is 20.3 Å². The smallest absolute Gasteiger partial charge is 0.410 e. The monoisotopic (exact) mass is 574 g/mol. The first-order valence-electron chi connectivity index (χ1n) is 9.89. The summed E-state index contributed by atoms with van der Waals surface area (Å²) in [5.41, 5.74) is -1.87. The molecule has 1 unspecified atom stereocenters. The molecule has 0 fully saturated rings. The molecule has 0 saturated heterocycles. The molecule has 1 amide bonds. The van der Waals surface area contributed by atoms with E-state index in [0.29, 0.717) is 9.36 Å². The van der Waals surface area contributed by atoms with Crippen molar-refractivity contribution in [3.05, 3.63) is 46.7 Å². The number of ether oxygens (including phenoxy) is 1. The van der Waals surface area contributed by atoms with Crippen LogP contribution in [-0.4, -0.2) is 50.5 Å². The van der Waals surface area contributed by atoms with Crippen molar-refractivity contribution in [2.45, 2.75) is 24.6 Å². The highest BCUT2D eigenvalue weighted by Crippen LogP contribution is 2.44. The number of aromatic nitrogens is 4. The van der Waals surface area contributed by atoms with Crippen LogP contribution in [0.25, 0.3) is 16.9 Å². The molecule has 38 heavy (non-hydrogen) atoms. The molecular formula is C20H12ClF9N6O2. The van der Waals surface area contributed by atoms with E-state index in [4.69, 9.17) is 16.9 Å². The molecule has 0 bridgehead atoms. The van der Waals surface area contributed by atoms with E-state index >= 15 is 0 Å². The van der Waals surface area contributed by atoms with Gasteiger partial charge in [0.05, 0.1) is 22.9 Å². The summed E-state index contributed by atoms with van der Waals surface area (Å²) < 4.78 is 124. The maximum absolute atomic E-state index is 13.8. The minimum absolute atomic E-state index is 0.0182. The normalized spacial score (nSPS) is 13.2. The van der Waals surface area contributed by atoms with Gasteiger partial charge in [-0.15, -0.1) is 5.10 Å². The van der Waals surface area contributed by atoms with E-state index in [9.17, 15) is 44.3 Å². The minimum Gasteiger partial charge on any atom is -0.410 e. The Kier molecular flexibility index (Phi) is 7.59. The van der Waals surface area contributed by atoms with Crippen LogP contribution in [0.4, 0.5) is 39.5 Å². The average molecular weight is 575 g/mol. The van der Waals surface area contributed by atoms with Crippen molar-refractivity contribution in [3.8, 4) is 28.9 Å². The lowest BCUT2D eigenvalue weighted by Gasteiger charge is -2.22. The summed E-state index contributed by atoms with van der Waals surface area (Å²) in [5.74, 6) is -3.81. The molecule has 0 aliphatic carbocycles. The van der Waals surface area contributed by atoms with Crippen LogP contribution in [0.2, 0.25) is 5.02 Å². The van der Waals surface area contributed by atoms with Crippen LogP contribution in [0.5, 0.6) is 5.88 Å². The lowest BCUT2D eigenvalue weighted by Crippen LogP contribution is -2.46. The van der Waals surface area contributed by atoms with Crippen LogP contribution in [0.15, 0.2) is 30.6 Å². The number of aryl methyl sites for hydroxylation is 1. The van der Waals surface area contributed by atoms with Crippen LogP contribution in [0.1, 0.15) is 15.9 Å². The summed E-state index contributed by atoms with van der Waals surface area (Å²) in [6.07, 6.45) is -20.4. The third-order valence-corrected chi connectivity index (χ3v) is 5.08. The summed E-state index contributed by atoms with van der Waals surface area (Å²) in [6.45, 7) is -0.340. The fourth-order valence-electron chi connectivity index (χ4n) is 3.13. The molecule has 3 rings (SSSR count). The molecule has 18 heteroatoms. The highest BCUT2D eigenvalue weighted by Gasteiger charge is 2.60. The maximum Gasteiger partial charge on any atom is 0.440 e. The van der Waals surface area contributed by atoms with Gasteiger partial charge in [0.1, 0.15) is 6.54 Å². The summed E-state index contributed by atoms with van der Waals surface area (Å²) >= 11 is 5.98. The third-order valence-electron chi connectivity index (χ3n) is 4.76. The van der Waals surface area contributed by atoms with Crippen molar-refractivity contribution >= 4 is 17.5 Å². The number of nitrogens with zero attached hydrogens (tertiary/aromatic N) is 5. The zero-order chi connectivity index (χ0) is 28.6. The summed E-state index contributed by atoms with van der Waals surface area (Å²) in [4.78, 5) is 12.2. The Morgan fingerprint density at radius 2 is 1.84 bits per heavy atom. The molecule has 2 aromatic heterocycles. The van der Waals surface area contributed by atoms with Gasteiger partial charge in [-0.1, -0.05) is 17.7 Å². The molecule has 0 spiro atoms. The van der Waals surface area contributed by atoms with Crippen molar-refractivity contribution in [1.29, 1.82) is 5.26 Å². The molecule has 0 aliphatic heterocycles. The fraction of sp³-hybridized carbons (Fsp3) is 0.300. The zero-order valence-electron chi connectivity index (χ0n) is 18.5. The van der Waals surface area contributed by atoms with Gasteiger partial charge in [-0.2, -0.15) is 45.5 Å². The van der Waals surface area contributed by atoms with Gasteiger partial charge >= 0.3 is 18.5 Å². The van der Waals surface area contributed by atoms with Crippen LogP contribution >= 0.6 is 11.6 Å². The number of alkyl halides is 9. The molecule has 1 atom stereocenters. The summed E-state index contributed by atoms with van der Waals surface area (Å²) in [7, 11) is 0.827. The Balaban J connectivity index is 2.06. The quantitative estimate of drug-likeness (QED) is 0.314. The Morgan fingerprint density at radius 1 is 1.18 bits per heavy atom. The van der Waals surface area contributed by atoms with E-state index < -0.39 is 47.8 Å². The number of carbonyl (C=O) groups excluding carboxylic acids is 1. The predicted molar refractivity (Wildman–Crippen MR) is 110 cm³/mol. The lowest BCUT2D eigenvalue weighted by atomic mass is 10.1. The SMILES string of the molecule is Cn1nc(OC(F)(F)C(F)C(F)(F)F)c(C(F)(F)F)c1-n1cc(-c2ccc(Cl)c(C(=O)NCC#N)c2)cn1. The molecule has 0 aliphatic rings.